The van der Waals surface area contributed by atoms with Crippen molar-refractivity contribution in [2.24, 2.45) is 0 Å². The molecular weight excluding hydrogens is 380 g/mol. The molecule has 7 heteroatoms. The fourth-order valence-corrected chi connectivity index (χ4v) is 4.16. The van der Waals surface area contributed by atoms with Gasteiger partial charge in [-0.3, -0.25) is 9.10 Å². The molecule has 0 aliphatic rings. The van der Waals surface area contributed by atoms with Gasteiger partial charge in [0, 0.05) is 30.7 Å². The van der Waals surface area contributed by atoms with E-state index in [1.807, 2.05) is 12.1 Å². The van der Waals surface area contributed by atoms with Gasteiger partial charge in [-0.25, -0.2) is 8.42 Å². The third-order valence-electron chi connectivity index (χ3n) is 4.44. The highest BCUT2D eigenvalue weighted by Crippen LogP contribution is 2.24. The van der Waals surface area contributed by atoms with Gasteiger partial charge in [0.25, 0.3) is 5.91 Å². The highest BCUT2D eigenvalue weighted by atomic mass is 32.2. The molecule has 0 radical (unpaired) electrons. The van der Waals surface area contributed by atoms with Crippen molar-refractivity contribution in [1.29, 1.82) is 0 Å². The smallest absolute Gasteiger partial charge is 0.251 e. The number of sulfonamides is 1. The summed E-state index contributed by atoms with van der Waals surface area (Å²) in [5, 5.41) is 2.92. The molecule has 0 spiro atoms. The lowest BCUT2D eigenvalue weighted by Crippen LogP contribution is -2.29. The topological polar surface area (TPSA) is 66.5 Å². The van der Waals surface area contributed by atoms with E-state index < -0.39 is 10.0 Å². The van der Waals surface area contributed by atoms with Crippen LogP contribution in [0.4, 0.5) is 5.69 Å². The molecule has 0 aromatic heterocycles. The van der Waals surface area contributed by atoms with Crippen molar-refractivity contribution in [3.8, 4) is 0 Å². The molecule has 0 atom stereocenters. The highest BCUT2D eigenvalue weighted by molar-refractivity contribution is 7.98. The van der Waals surface area contributed by atoms with Crippen molar-refractivity contribution in [3.05, 3.63) is 64.7 Å². The van der Waals surface area contributed by atoms with Crippen molar-refractivity contribution < 1.29 is 13.2 Å². The Morgan fingerprint density at radius 2 is 1.81 bits per heavy atom. The van der Waals surface area contributed by atoms with Gasteiger partial charge >= 0.3 is 0 Å². The summed E-state index contributed by atoms with van der Waals surface area (Å²) in [5.74, 6) is 1.53. The maximum atomic E-state index is 12.5. The first kappa shape index (κ1) is 21.3. The van der Waals surface area contributed by atoms with E-state index in [2.05, 4.69) is 24.4 Å². The number of aryl methyl sites for hydroxylation is 1. The predicted octanol–water partition coefficient (Wildman–Crippen LogP) is 3.36. The summed E-state index contributed by atoms with van der Waals surface area (Å²) in [5.41, 5.74) is 4.24. The van der Waals surface area contributed by atoms with Crippen molar-refractivity contribution in [2.45, 2.75) is 19.6 Å². The fourth-order valence-electron chi connectivity index (χ4n) is 2.68. The number of rotatable bonds is 8. The minimum atomic E-state index is -3.38. The second-order valence-corrected chi connectivity index (χ2v) is 9.53. The average molecular weight is 407 g/mol. The third-order valence-corrected chi connectivity index (χ3v) is 6.64. The third kappa shape index (κ3) is 5.74. The van der Waals surface area contributed by atoms with E-state index in [4.69, 9.17) is 0 Å². The van der Waals surface area contributed by atoms with Crippen LogP contribution < -0.4 is 9.62 Å². The van der Waals surface area contributed by atoms with Crippen molar-refractivity contribution in [2.75, 3.05) is 29.9 Å². The molecule has 0 heterocycles. The number of nitrogens with one attached hydrogen (secondary N) is 1. The van der Waals surface area contributed by atoms with Crippen LogP contribution in [0.3, 0.4) is 0 Å². The summed E-state index contributed by atoms with van der Waals surface area (Å²) < 4.78 is 24.7. The van der Waals surface area contributed by atoms with Crippen LogP contribution in [0, 0.1) is 13.8 Å². The van der Waals surface area contributed by atoms with Crippen LogP contribution in [0.1, 0.15) is 27.0 Å². The van der Waals surface area contributed by atoms with Gasteiger partial charge in [-0.15, -0.1) is 0 Å². The molecule has 0 saturated heterocycles. The predicted molar refractivity (Wildman–Crippen MR) is 114 cm³/mol. The number of anilines is 1. The van der Waals surface area contributed by atoms with E-state index >= 15 is 0 Å². The maximum absolute atomic E-state index is 12.5. The zero-order chi connectivity index (χ0) is 20.0. The van der Waals surface area contributed by atoms with Crippen LogP contribution in [-0.2, 0) is 15.8 Å². The molecule has 2 rings (SSSR count). The quantitative estimate of drug-likeness (QED) is 0.683. The first-order chi connectivity index (χ1) is 12.7. The van der Waals surface area contributed by atoms with Gasteiger partial charge in [0.15, 0.2) is 0 Å². The van der Waals surface area contributed by atoms with E-state index in [1.165, 1.54) is 22.5 Å². The van der Waals surface area contributed by atoms with Crippen LogP contribution in [0.25, 0.3) is 0 Å². The first-order valence-electron chi connectivity index (χ1n) is 8.65. The second kappa shape index (κ2) is 9.28. The monoisotopic (exact) mass is 406 g/mol. The number of hydrogen-bond donors (Lipinski definition) is 1. The molecule has 2 aromatic rings. The lowest BCUT2D eigenvalue weighted by atomic mass is 10.1. The van der Waals surface area contributed by atoms with Crippen LogP contribution in [0.5, 0.6) is 0 Å². The van der Waals surface area contributed by atoms with Crippen molar-refractivity contribution >= 4 is 33.4 Å². The van der Waals surface area contributed by atoms with Crippen LogP contribution in [-0.4, -0.2) is 39.9 Å². The second-order valence-electron chi connectivity index (χ2n) is 6.42. The molecule has 0 aliphatic heterocycles. The Bertz CT molecular complexity index is 911. The molecule has 0 fully saturated rings. The maximum Gasteiger partial charge on any atom is 0.251 e. The number of benzene rings is 2. The Labute approximate surface area is 166 Å². The lowest BCUT2D eigenvalue weighted by Gasteiger charge is -2.20. The molecule has 0 saturated carbocycles. The van der Waals surface area contributed by atoms with Crippen LogP contribution in [0.2, 0.25) is 0 Å². The summed E-state index contributed by atoms with van der Waals surface area (Å²) >= 11 is 1.77. The normalized spacial score (nSPS) is 11.3. The number of carbonyl (C=O) groups excluding carboxylic acids is 1. The van der Waals surface area contributed by atoms with E-state index in [0.29, 0.717) is 23.4 Å². The summed E-state index contributed by atoms with van der Waals surface area (Å²) in [7, 11) is -1.89. The Morgan fingerprint density at radius 3 is 2.48 bits per heavy atom. The summed E-state index contributed by atoms with van der Waals surface area (Å²) in [6.45, 7) is 4.42. The summed E-state index contributed by atoms with van der Waals surface area (Å²) in [4.78, 5) is 12.5. The van der Waals surface area contributed by atoms with Gasteiger partial charge in [0.1, 0.15) is 0 Å². The molecule has 27 heavy (non-hydrogen) atoms. The molecule has 1 N–H and O–H groups in total. The Balaban J connectivity index is 1.92. The number of thioether (sulfide) groups is 1. The summed E-state index contributed by atoms with van der Waals surface area (Å²) in [6, 6.07) is 13.4. The van der Waals surface area contributed by atoms with Gasteiger partial charge in [0.2, 0.25) is 10.0 Å². The van der Waals surface area contributed by atoms with Crippen molar-refractivity contribution in [1.82, 2.24) is 5.32 Å². The number of amides is 1. The SMILES string of the molecule is Cc1ccccc1CSCCNC(=O)c1cccc(N(C)S(C)(=O)=O)c1C. The molecule has 0 unspecified atom stereocenters. The van der Waals surface area contributed by atoms with Crippen LogP contribution >= 0.6 is 11.8 Å². The van der Waals surface area contributed by atoms with Gasteiger partial charge in [-0.1, -0.05) is 30.3 Å². The van der Waals surface area contributed by atoms with Gasteiger partial charge < -0.3 is 5.32 Å². The van der Waals surface area contributed by atoms with E-state index in [0.717, 1.165) is 17.8 Å². The summed E-state index contributed by atoms with van der Waals surface area (Å²) in [6.07, 6.45) is 1.14. The fraction of sp³-hybridized carbons (Fsp3) is 0.350. The molecule has 1 amide bonds. The molecule has 0 aliphatic carbocycles. The highest BCUT2D eigenvalue weighted by Gasteiger charge is 2.18. The molecule has 0 bridgehead atoms. The Kier molecular flexibility index (Phi) is 7.33. The van der Waals surface area contributed by atoms with Crippen LogP contribution in [0.15, 0.2) is 42.5 Å². The van der Waals surface area contributed by atoms with Gasteiger partial charge in [0.05, 0.1) is 11.9 Å². The zero-order valence-corrected chi connectivity index (χ0v) is 17.8. The molecule has 5 nitrogen and oxygen atoms in total. The molecule has 146 valence electrons. The Morgan fingerprint density at radius 1 is 1.11 bits per heavy atom. The number of nitrogens with zero attached hydrogens (tertiary/aromatic N) is 1. The van der Waals surface area contributed by atoms with Gasteiger partial charge in [-0.05, 0) is 42.7 Å². The first-order valence-corrected chi connectivity index (χ1v) is 11.7. The number of carbonyl (C=O) groups is 1. The standard InChI is InChI=1S/C20H26N2O3S2/c1-15-8-5-6-9-17(15)14-26-13-12-21-20(23)18-10-7-11-19(16(18)2)22(3)27(4,24)25/h5-11H,12-14H2,1-4H3,(H,21,23). The van der Waals surface area contributed by atoms with Crippen molar-refractivity contribution in [3.63, 3.8) is 0 Å². The average Bonchev–Trinajstić information content (AvgIpc) is 2.61. The number of hydrogen-bond acceptors (Lipinski definition) is 4. The van der Waals surface area contributed by atoms with Gasteiger partial charge in [-0.2, -0.15) is 11.8 Å². The van der Waals surface area contributed by atoms with E-state index in [9.17, 15) is 13.2 Å². The molecular formula is C20H26N2O3S2. The Hall–Kier alpha value is -1.99. The van der Waals surface area contributed by atoms with E-state index in [-0.39, 0.29) is 5.91 Å². The minimum Gasteiger partial charge on any atom is -0.351 e. The molecule has 2 aromatic carbocycles. The van der Waals surface area contributed by atoms with E-state index in [1.54, 1.807) is 36.9 Å². The lowest BCUT2D eigenvalue weighted by molar-refractivity contribution is 0.0955. The largest absolute Gasteiger partial charge is 0.351 e. The zero-order valence-electron chi connectivity index (χ0n) is 16.2. The minimum absolute atomic E-state index is 0.187.